The molecule has 2 rings (SSSR count). The number of rotatable bonds is 0. The average molecular weight is 232 g/mol. The van der Waals surface area contributed by atoms with Crippen LogP contribution in [0, 0.1) is 23.3 Å². The molecule has 0 heterocycles. The Bertz CT molecular complexity index is 595. The average Bonchev–Trinajstić information content (AvgIpc) is 2.27. The summed E-state index contributed by atoms with van der Waals surface area (Å²) in [5.41, 5.74) is 0. The Morgan fingerprint density at radius 2 is 1.31 bits per heavy atom. The van der Waals surface area contributed by atoms with Crippen LogP contribution in [0.5, 0.6) is 11.5 Å². The second kappa shape index (κ2) is 3.26. The van der Waals surface area contributed by atoms with Crippen molar-refractivity contribution in [3.05, 3.63) is 35.4 Å². The molecule has 0 aromatic heterocycles. The van der Waals surface area contributed by atoms with Crippen molar-refractivity contribution in [3.8, 4) is 11.5 Å². The minimum atomic E-state index is -2.04. The number of fused-ring (bicyclic) bond motifs is 1. The summed E-state index contributed by atoms with van der Waals surface area (Å²) in [4.78, 5) is 0. The second-order valence-corrected chi connectivity index (χ2v) is 3.11. The van der Waals surface area contributed by atoms with Crippen molar-refractivity contribution in [2.75, 3.05) is 0 Å². The topological polar surface area (TPSA) is 40.5 Å². The Labute approximate surface area is 86.4 Å². The van der Waals surface area contributed by atoms with E-state index in [4.69, 9.17) is 5.11 Å². The molecule has 0 aliphatic rings. The number of aromatic hydroxyl groups is 2. The zero-order valence-corrected chi connectivity index (χ0v) is 7.56. The highest BCUT2D eigenvalue weighted by Crippen LogP contribution is 2.38. The van der Waals surface area contributed by atoms with Crippen LogP contribution < -0.4 is 0 Å². The second-order valence-electron chi connectivity index (χ2n) is 3.11. The fourth-order valence-electron chi connectivity index (χ4n) is 1.41. The van der Waals surface area contributed by atoms with Gasteiger partial charge in [-0.2, -0.15) is 0 Å². The maximum Gasteiger partial charge on any atom is 0.198 e. The molecule has 0 bridgehead atoms. The summed E-state index contributed by atoms with van der Waals surface area (Å²) in [7, 11) is 0. The summed E-state index contributed by atoms with van der Waals surface area (Å²) < 4.78 is 52.1. The predicted octanol–water partition coefficient (Wildman–Crippen LogP) is 2.81. The monoisotopic (exact) mass is 232 g/mol. The lowest BCUT2D eigenvalue weighted by molar-refractivity contribution is 0.398. The highest BCUT2D eigenvalue weighted by molar-refractivity contribution is 5.91. The van der Waals surface area contributed by atoms with Crippen LogP contribution in [0.3, 0.4) is 0 Å². The quantitative estimate of drug-likeness (QED) is 0.317. The first-order valence-corrected chi connectivity index (χ1v) is 4.11. The third kappa shape index (κ3) is 1.19. The summed E-state index contributed by atoms with van der Waals surface area (Å²) >= 11 is 0. The maximum atomic E-state index is 13.2. The molecule has 2 nitrogen and oxygen atoms in total. The maximum absolute atomic E-state index is 13.2. The molecular formula is C10H4F4O2. The summed E-state index contributed by atoms with van der Waals surface area (Å²) in [6.07, 6.45) is 0. The third-order valence-electron chi connectivity index (χ3n) is 2.19. The van der Waals surface area contributed by atoms with Gasteiger partial charge in [-0.1, -0.05) is 0 Å². The smallest absolute Gasteiger partial charge is 0.198 e. The molecule has 2 aromatic carbocycles. The molecule has 2 aromatic rings. The predicted molar refractivity (Wildman–Crippen MR) is 47.1 cm³/mol. The molecular weight excluding hydrogens is 228 g/mol. The van der Waals surface area contributed by atoms with Gasteiger partial charge in [-0.05, 0) is 12.1 Å². The lowest BCUT2D eigenvalue weighted by Gasteiger charge is -2.07. The molecule has 0 fully saturated rings. The van der Waals surface area contributed by atoms with Crippen molar-refractivity contribution in [1.82, 2.24) is 0 Å². The van der Waals surface area contributed by atoms with Crippen LogP contribution in [0.15, 0.2) is 12.1 Å². The van der Waals surface area contributed by atoms with Crippen LogP contribution in [0.25, 0.3) is 10.8 Å². The van der Waals surface area contributed by atoms with Gasteiger partial charge in [0.1, 0.15) is 0 Å². The lowest BCUT2D eigenvalue weighted by Crippen LogP contribution is -1.98. The first-order valence-electron chi connectivity index (χ1n) is 4.11. The number of hydrogen-bond donors (Lipinski definition) is 2. The molecule has 16 heavy (non-hydrogen) atoms. The van der Waals surface area contributed by atoms with Crippen LogP contribution in [0.1, 0.15) is 0 Å². The van der Waals surface area contributed by atoms with E-state index in [1.54, 1.807) is 0 Å². The highest BCUT2D eigenvalue weighted by atomic mass is 19.2. The van der Waals surface area contributed by atoms with E-state index in [9.17, 15) is 22.7 Å². The molecule has 2 N–H and O–H groups in total. The molecule has 0 spiro atoms. The van der Waals surface area contributed by atoms with Crippen molar-refractivity contribution >= 4 is 10.8 Å². The first-order chi connectivity index (χ1) is 7.45. The Morgan fingerprint density at radius 1 is 0.750 bits per heavy atom. The largest absolute Gasteiger partial charge is 0.504 e. The van der Waals surface area contributed by atoms with Gasteiger partial charge < -0.3 is 10.2 Å². The Hall–Kier alpha value is -1.98. The van der Waals surface area contributed by atoms with E-state index in [0.717, 1.165) is 12.1 Å². The van der Waals surface area contributed by atoms with Gasteiger partial charge in [0.05, 0.1) is 5.39 Å². The summed E-state index contributed by atoms with van der Waals surface area (Å²) in [6.45, 7) is 0. The molecule has 0 unspecified atom stereocenters. The lowest BCUT2D eigenvalue weighted by atomic mass is 10.1. The molecule has 0 aliphatic carbocycles. The van der Waals surface area contributed by atoms with Crippen molar-refractivity contribution in [2.45, 2.75) is 0 Å². The van der Waals surface area contributed by atoms with E-state index >= 15 is 0 Å². The minimum Gasteiger partial charge on any atom is -0.504 e. The van der Waals surface area contributed by atoms with E-state index in [0.29, 0.717) is 0 Å². The van der Waals surface area contributed by atoms with Crippen molar-refractivity contribution < 1.29 is 27.8 Å². The van der Waals surface area contributed by atoms with Crippen LogP contribution in [0.4, 0.5) is 17.6 Å². The fourth-order valence-corrected chi connectivity index (χ4v) is 1.41. The van der Waals surface area contributed by atoms with Gasteiger partial charge in [0.25, 0.3) is 0 Å². The zero-order chi connectivity index (χ0) is 12.0. The van der Waals surface area contributed by atoms with Gasteiger partial charge in [-0.25, -0.2) is 17.6 Å². The van der Waals surface area contributed by atoms with Gasteiger partial charge in [-0.3, -0.25) is 0 Å². The summed E-state index contributed by atoms with van der Waals surface area (Å²) in [6, 6.07) is 1.68. The third-order valence-corrected chi connectivity index (χ3v) is 2.19. The molecule has 6 heteroatoms. The first kappa shape index (κ1) is 10.5. The van der Waals surface area contributed by atoms with E-state index in [1.807, 2.05) is 0 Å². The van der Waals surface area contributed by atoms with Gasteiger partial charge in [-0.15, -0.1) is 0 Å². The Kier molecular flexibility index (Phi) is 2.15. The van der Waals surface area contributed by atoms with Gasteiger partial charge >= 0.3 is 0 Å². The van der Waals surface area contributed by atoms with E-state index in [-0.39, 0.29) is 0 Å². The van der Waals surface area contributed by atoms with E-state index in [1.165, 1.54) is 0 Å². The van der Waals surface area contributed by atoms with Crippen LogP contribution in [-0.2, 0) is 0 Å². The van der Waals surface area contributed by atoms with Crippen molar-refractivity contribution in [1.29, 1.82) is 0 Å². The Morgan fingerprint density at radius 3 is 1.94 bits per heavy atom. The standard InChI is InChI=1S/C10H4F4O2/c11-6-3-1-2-4(15)10(16)5(3)7(12)9(14)8(6)13/h1-2,15-16H. The number of benzene rings is 2. The van der Waals surface area contributed by atoms with Gasteiger partial charge in [0.2, 0.25) is 0 Å². The van der Waals surface area contributed by atoms with Crippen molar-refractivity contribution in [3.63, 3.8) is 0 Å². The van der Waals surface area contributed by atoms with Crippen LogP contribution in [0.2, 0.25) is 0 Å². The van der Waals surface area contributed by atoms with Crippen LogP contribution >= 0.6 is 0 Å². The normalized spacial score (nSPS) is 11.0. The Balaban J connectivity index is 3.09. The van der Waals surface area contributed by atoms with E-state index < -0.39 is 45.5 Å². The van der Waals surface area contributed by atoms with E-state index in [2.05, 4.69) is 0 Å². The molecule has 84 valence electrons. The zero-order valence-electron chi connectivity index (χ0n) is 7.56. The number of halogens is 4. The summed E-state index contributed by atoms with van der Waals surface area (Å²) in [5.74, 6) is -9.16. The fraction of sp³-hybridized carbons (Fsp3) is 0. The summed E-state index contributed by atoms with van der Waals surface area (Å²) in [5, 5.41) is 16.7. The molecule has 0 saturated carbocycles. The van der Waals surface area contributed by atoms with Crippen molar-refractivity contribution in [2.24, 2.45) is 0 Å². The molecule has 0 amide bonds. The number of hydrogen-bond acceptors (Lipinski definition) is 2. The molecule has 0 aliphatic heterocycles. The van der Waals surface area contributed by atoms with Gasteiger partial charge in [0, 0.05) is 5.39 Å². The molecule has 0 radical (unpaired) electrons. The van der Waals surface area contributed by atoms with Gasteiger partial charge in [0.15, 0.2) is 34.8 Å². The molecule has 0 saturated heterocycles. The SMILES string of the molecule is Oc1ccc2c(F)c(F)c(F)c(F)c2c1O. The number of phenolic OH excluding ortho intramolecular Hbond substituents is 2. The highest BCUT2D eigenvalue weighted by Gasteiger charge is 2.23. The van der Waals surface area contributed by atoms with Crippen LogP contribution in [-0.4, -0.2) is 10.2 Å². The molecule has 0 atom stereocenters. The number of phenols is 2. The minimum absolute atomic E-state index is 0.647.